The second-order valence-electron chi connectivity index (χ2n) is 17.2. The standard InChI is InChI=1S/2C27H25Cl2NO4/c2*1-15-10-19(34-9-8-17-6-4-3-5-7-17)11-16(2)24(15)26(31)30-18-12-21(25(29)23(28)13-18)20-14-22(20)27(32)33/h2*3-7,10-13,20,22H,8-9,14H2,1-2H3,(H,30,31)(H,32,33)/t2*20-,22-/m10/s1. The summed E-state index contributed by atoms with van der Waals surface area (Å²) < 4.78 is 11.8. The third kappa shape index (κ3) is 12.3. The van der Waals surface area contributed by atoms with Gasteiger partial charge in [0.05, 0.1) is 45.1 Å². The topological polar surface area (TPSA) is 151 Å². The number of aryl methyl sites for hydroxylation is 4. The first-order valence-corrected chi connectivity index (χ1v) is 23.6. The van der Waals surface area contributed by atoms with E-state index in [0.29, 0.717) is 81.2 Å². The first-order valence-electron chi connectivity index (χ1n) is 22.1. The highest BCUT2D eigenvalue weighted by molar-refractivity contribution is 6.43. The van der Waals surface area contributed by atoms with Crippen molar-refractivity contribution in [3.63, 3.8) is 0 Å². The first-order chi connectivity index (χ1) is 32.5. The molecular formula is C54H50Cl4N2O8. The minimum absolute atomic E-state index is 0.199. The monoisotopic (exact) mass is 994 g/mol. The van der Waals surface area contributed by atoms with Crippen LogP contribution >= 0.6 is 46.4 Å². The van der Waals surface area contributed by atoms with Crippen molar-refractivity contribution in [3.05, 3.63) is 185 Å². The Labute approximate surface area is 415 Å². The van der Waals surface area contributed by atoms with Gasteiger partial charge in [-0.1, -0.05) is 107 Å². The molecule has 2 amide bonds. The van der Waals surface area contributed by atoms with E-state index in [2.05, 4.69) is 34.9 Å². The number of carbonyl (C=O) groups is 4. The maximum Gasteiger partial charge on any atom is 0.307 e. The lowest BCUT2D eigenvalue weighted by Gasteiger charge is -2.15. The number of halogens is 4. The number of rotatable bonds is 16. The fourth-order valence-corrected chi connectivity index (χ4v) is 9.46. The summed E-state index contributed by atoms with van der Waals surface area (Å²) in [6.07, 6.45) is 2.61. The van der Waals surface area contributed by atoms with E-state index in [1.165, 1.54) is 11.1 Å². The summed E-state index contributed by atoms with van der Waals surface area (Å²) >= 11 is 25.2. The molecule has 2 fully saturated rings. The van der Waals surface area contributed by atoms with Crippen LogP contribution < -0.4 is 20.1 Å². The highest BCUT2D eigenvalue weighted by Gasteiger charge is 2.46. The summed E-state index contributed by atoms with van der Waals surface area (Å²) in [5.74, 6) is -2.18. The minimum Gasteiger partial charge on any atom is -0.493 e. The molecule has 0 heterocycles. The molecule has 0 unspecified atom stereocenters. The number of hydrogen-bond donors (Lipinski definition) is 4. The van der Waals surface area contributed by atoms with Gasteiger partial charge >= 0.3 is 11.9 Å². The molecule has 6 aromatic carbocycles. The van der Waals surface area contributed by atoms with Crippen LogP contribution in [0.3, 0.4) is 0 Å². The van der Waals surface area contributed by atoms with Gasteiger partial charge in [-0.2, -0.15) is 0 Å². The van der Waals surface area contributed by atoms with Crippen molar-refractivity contribution >= 4 is 81.5 Å². The van der Waals surface area contributed by atoms with Crippen molar-refractivity contribution in [1.82, 2.24) is 0 Å². The summed E-state index contributed by atoms with van der Waals surface area (Å²) in [7, 11) is 0. The number of hydrogen-bond acceptors (Lipinski definition) is 6. The number of amides is 2. The molecule has 352 valence electrons. The van der Waals surface area contributed by atoms with Crippen molar-refractivity contribution < 1.29 is 38.9 Å². The van der Waals surface area contributed by atoms with Gasteiger partial charge in [-0.05, 0) is 145 Å². The Bertz CT molecular complexity index is 2630. The molecule has 6 aromatic rings. The highest BCUT2D eigenvalue weighted by atomic mass is 35.5. The molecule has 0 saturated heterocycles. The number of nitrogens with one attached hydrogen (secondary N) is 2. The summed E-state index contributed by atoms with van der Waals surface area (Å²) in [6.45, 7) is 8.56. The van der Waals surface area contributed by atoms with Crippen molar-refractivity contribution in [3.8, 4) is 11.5 Å². The van der Waals surface area contributed by atoms with Crippen LogP contribution in [-0.2, 0) is 22.4 Å². The van der Waals surface area contributed by atoms with E-state index in [0.717, 1.165) is 35.1 Å². The maximum absolute atomic E-state index is 13.1. The lowest BCUT2D eigenvalue weighted by molar-refractivity contribution is -0.139. The Kier molecular flexibility index (Phi) is 16.1. The van der Waals surface area contributed by atoms with Gasteiger partial charge in [0.15, 0.2) is 0 Å². The smallest absolute Gasteiger partial charge is 0.307 e. The predicted molar refractivity (Wildman–Crippen MR) is 269 cm³/mol. The van der Waals surface area contributed by atoms with Crippen molar-refractivity contribution in [2.45, 2.75) is 65.2 Å². The fourth-order valence-electron chi connectivity index (χ4n) is 8.51. The van der Waals surface area contributed by atoms with Crippen LogP contribution in [-0.4, -0.2) is 47.2 Å². The van der Waals surface area contributed by atoms with Gasteiger partial charge in [0, 0.05) is 35.3 Å². The molecule has 0 aromatic heterocycles. The Hall–Kier alpha value is -6.04. The zero-order chi connectivity index (χ0) is 48.8. The van der Waals surface area contributed by atoms with Gasteiger partial charge in [-0.25, -0.2) is 0 Å². The molecule has 2 saturated carbocycles. The van der Waals surface area contributed by atoms with E-state index in [4.69, 9.17) is 55.9 Å². The Morgan fingerprint density at radius 3 is 1.18 bits per heavy atom. The summed E-state index contributed by atoms with van der Waals surface area (Å²) in [5.41, 5.74) is 8.93. The predicted octanol–water partition coefficient (Wildman–Crippen LogP) is 13.3. The van der Waals surface area contributed by atoms with E-state index in [9.17, 15) is 29.4 Å². The molecule has 8 rings (SSSR count). The number of aliphatic carboxylic acids is 2. The molecule has 68 heavy (non-hydrogen) atoms. The van der Waals surface area contributed by atoms with Crippen LogP contribution in [0.1, 0.15) is 89.9 Å². The number of carbonyl (C=O) groups excluding carboxylic acids is 2. The highest BCUT2D eigenvalue weighted by Crippen LogP contribution is 2.53. The minimum atomic E-state index is -0.857. The van der Waals surface area contributed by atoms with E-state index in [1.807, 2.05) is 88.4 Å². The molecule has 2 aliphatic carbocycles. The van der Waals surface area contributed by atoms with Crippen LogP contribution in [0.15, 0.2) is 109 Å². The van der Waals surface area contributed by atoms with Crippen molar-refractivity contribution in [1.29, 1.82) is 0 Å². The number of carboxylic acids is 2. The average molecular weight is 997 g/mol. The molecule has 0 bridgehead atoms. The van der Waals surface area contributed by atoms with Gasteiger partial charge < -0.3 is 30.3 Å². The Morgan fingerprint density at radius 2 is 0.868 bits per heavy atom. The number of benzene rings is 6. The van der Waals surface area contributed by atoms with Crippen LogP contribution in [0.4, 0.5) is 11.4 Å². The third-order valence-corrected chi connectivity index (χ3v) is 13.7. The van der Waals surface area contributed by atoms with Gasteiger partial charge in [-0.3, -0.25) is 19.2 Å². The van der Waals surface area contributed by atoms with Gasteiger partial charge in [0.2, 0.25) is 0 Å². The summed E-state index contributed by atoms with van der Waals surface area (Å²) in [6, 6.07) is 34.2. The first kappa shape index (κ1) is 49.9. The van der Waals surface area contributed by atoms with Crippen molar-refractivity contribution in [2.75, 3.05) is 23.8 Å². The average Bonchev–Trinajstić information content (AvgIpc) is 4.22. The molecule has 0 radical (unpaired) electrons. The van der Waals surface area contributed by atoms with Gasteiger partial charge in [-0.15, -0.1) is 0 Å². The molecule has 10 nitrogen and oxygen atoms in total. The third-order valence-electron chi connectivity index (χ3n) is 12.1. The van der Waals surface area contributed by atoms with Crippen LogP contribution in [0.2, 0.25) is 20.1 Å². The van der Waals surface area contributed by atoms with Crippen LogP contribution in [0.25, 0.3) is 0 Å². The molecule has 0 spiro atoms. The van der Waals surface area contributed by atoms with Gasteiger partial charge in [0.25, 0.3) is 11.8 Å². The van der Waals surface area contributed by atoms with Crippen LogP contribution in [0, 0.1) is 39.5 Å². The molecule has 2 aliphatic rings. The molecular weight excluding hydrogens is 946 g/mol. The Morgan fingerprint density at radius 1 is 0.529 bits per heavy atom. The largest absolute Gasteiger partial charge is 0.493 e. The molecule has 14 heteroatoms. The quantitative estimate of drug-likeness (QED) is 0.0748. The summed E-state index contributed by atoms with van der Waals surface area (Å²) in [4.78, 5) is 48.8. The van der Waals surface area contributed by atoms with E-state index < -0.39 is 23.8 Å². The Balaban J connectivity index is 0.000000201. The van der Waals surface area contributed by atoms with E-state index in [-0.39, 0.29) is 33.7 Å². The van der Waals surface area contributed by atoms with Gasteiger partial charge in [0.1, 0.15) is 11.5 Å². The van der Waals surface area contributed by atoms with E-state index >= 15 is 0 Å². The number of anilines is 2. The lowest BCUT2D eigenvalue weighted by atomic mass is 10.0. The van der Waals surface area contributed by atoms with Crippen molar-refractivity contribution in [2.24, 2.45) is 11.8 Å². The number of carboxylic acid groups (broad SMARTS) is 2. The zero-order valence-corrected chi connectivity index (χ0v) is 40.8. The lowest BCUT2D eigenvalue weighted by Crippen LogP contribution is -2.15. The summed E-state index contributed by atoms with van der Waals surface area (Å²) in [5, 5.41) is 25.5. The molecule has 4 N–H and O–H groups in total. The maximum atomic E-state index is 13.1. The second-order valence-corrected chi connectivity index (χ2v) is 18.8. The second kappa shape index (κ2) is 21.9. The SMILES string of the molecule is Cc1cc(OCCc2ccccc2)cc(C)c1C(=O)Nc1cc(Cl)c(Cl)c([C@@H]2C[C@@H]2C(=O)O)c1.Cc1cc(OCCc2ccccc2)cc(C)c1C(=O)Nc1cc(Cl)c(Cl)c([C@H]2C[C@H]2C(=O)O)c1. The van der Waals surface area contributed by atoms with Crippen LogP contribution in [0.5, 0.6) is 11.5 Å². The number of ether oxygens (including phenoxy) is 2. The van der Waals surface area contributed by atoms with E-state index in [1.54, 1.807) is 24.3 Å². The zero-order valence-electron chi connectivity index (χ0n) is 37.8. The molecule has 4 atom stereocenters. The normalized spacial score (nSPS) is 16.7. The molecule has 0 aliphatic heterocycles. The fraction of sp³-hybridized carbons (Fsp3) is 0.259.